The fourth-order valence-corrected chi connectivity index (χ4v) is 1.95. The summed E-state index contributed by atoms with van der Waals surface area (Å²) < 4.78 is 5.59. The number of nitrogens with one attached hydrogen (secondary N) is 2. The summed E-state index contributed by atoms with van der Waals surface area (Å²) in [4.78, 5) is 23.4. The van der Waals surface area contributed by atoms with Crippen LogP contribution in [0.15, 0.2) is 18.2 Å². The molecule has 1 rings (SSSR count). The number of likely N-dealkylation sites (N-methyl/N-ethyl adjacent to an activating group) is 1. The summed E-state index contributed by atoms with van der Waals surface area (Å²) in [7, 11) is 0. The van der Waals surface area contributed by atoms with Crippen LogP contribution < -0.4 is 15.4 Å². The van der Waals surface area contributed by atoms with Crippen LogP contribution in [0.25, 0.3) is 0 Å². The lowest BCUT2D eigenvalue weighted by Gasteiger charge is -2.15. The molecule has 2 amide bonds. The maximum absolute atomic E-state index is 11.8. The average Bonchev–Trinajstić information content (AvgIpc) is 2.46. The molecule has 5 nitrogen and oxygen atoms in total. The third-order valence-corrected chi connectivity index (χ3v) is 3.36. The Morgan fingerprint density at radius 1 is 1.23 bits per heavy atom. The third-order valence-electron chi connectivity index (χ3n) is 3.36. The van der Waals surface area contributed by atoms with Crippen LogP contribution in [-0.2, 0) is 9.59 Å². The second-order valence-corrected chi connectivity index (χ2v) is 5.65. The third kappa shape index (κ3) is 5.39. The Bertz CT molecular complexity index is 527. The summed E-state index contributed by atoms with van der Waals surface area (Å²) in [5.41, 5.74) is 2.14. The first kappa shape index (κ1) is 18.0. The summed E-state index contributed by atoms with van der Waals surface area (Å²) in [6, 6.07) is 5.43. The number of hydrogen-bond donors (Lipinski definition) is 2. The van der Waals surface area contributed by atoms with E-state index < -0.39 is 6.04 Å². The highest BCUT2D eigenvalue weighted by atomic mass is 16.5. The first-order chi connectivity index (χ1) is 10.3. The molecule has 5 heteroatoms. The summed E-state index contributed by atoms with van der Waals surface area (Å²) >= 11 is 0. The van der Waals surface area contributed by atoms with E-state index in [1.165, 1.54) is 0 Å². The molecule has 0 fully saturated rings. The number of benzene rings is 1. The molecule has 0 aliphatic carbocycles. The van der Waals surface area contributed by atoms with Gasteiger partial charge in [-0.2, -0.15) is 0 Å². The van der Waals surface area contributed by atoms with E-state index in [2.05, 4.69) is 30.5 Å². The van der Waals surface area contributed by atoms with Crippen molar-refractivity contribution in [3.05, 3.63) is 29.3 Å². The SMILES string of the molecule is CCNC(=O)[C@@H](C)NC(=O)COc1cc(C(C)C)ccc1C. The molecule has 0 heterocycles. The molecule has 0 aliphatic rings. The van der Waals surface area contributed by atoms with Crippen LogP contribution in [0.3, 0.4) is 0 Å². The molecule has 1 aromatic rings. The summed E-state index contributed by atoms with van der Waals surface area (Å²) in [6.07, 6.45) is 0. The smallest absolute Gasteiger partial charge is 0.258 e. The number of carbonyl (C=O) groups is 2. The van der Waals surface area contributed by atoms with Gasteiger partial charge in [-0.05, 0) is 43.9 Å². The average molecular weight is 306 g/mol. The second-order valence-electron chi connectivity index (χ2n) is 5.65. The van der Waals surface area contributed by atoms with Gasteiger partial charge >= 0.3 is 0 Å². The fourth-order valence-electron chi connectivity index (χ4n) is 1.95. The zero-order valence-electron chi connectivity index (χ0n) is 14.0. The Labute approximate surface area is 132 Å². The monoisotopic (exact) mass is 306 g/mol. The molecule has 122 valence electrons. The molecule has 0 saturated carbocycles. The van der Waals surface area contributed by atoms with Crippen molar-refractivity contribution in [1.82, 2.24) is 10.6 Å². The molecule has 0 aromatic heterocycles. The summed E-state index contributed by atoms with van der Waals surface area (Å²) in [5, 5.41) is 5.27. The van der Waals surface area contributed by atoms with Crippen LogP contribution in [-0.4, -0.2) is 31.0 Å². The van der Waals surface area contributed by atoms with Gasteiger partial charge in [0.05, 0.1) is 0 Å². The van der Waals surface area contributed by atoms with Gasteiger partial charge in [0, 0.05) is 6.54 Å². The molecule has 0 bridgehead atoms. The minimum Gasteiger partial charge on any atom is -0.483 e. The van der Waals surface area contributed by atoms with Gasteiger partial charge in [0.15, 0.2) is 6.61 Å². The molecule has 0 unspecified atom stereocenters. The van der Waals surface area contributed by atoms with Crippen molar-refractivity contribution < 1.29 is 14.3 Å². The van der Waals surface area contributed by atoms with E-state index in [0.29, 0.717) is 18.2 Å². The Morgan fingerprint density at radius 3 is 2.50 bits per heavy atom. The Kier molecular flexibility index (Phi) is 6.89. The summed E-state index contributed by atoms with van der Waals surface area (Å²) in [5.74, 6) is 0.587. The topological polar surface area (TPSA) is 67.4 Å². The molecular weight excluding hydrogens is 280 g/mol. The Morgan fingerprint density at radius 2 is 1.91 bits per heavy atom. The molecule has 22 heavy (non-hydrogen) atoms. The molecule has 0 saturated heterocycles. The first-order valence-corrected chi connectivity index (χ1v) is 7.65. The van der Waals surface area contributed by atoms with Crippen molar-refractivity contribution in [2.45, 2.75) is 46.6 Å². The Balaban J connectivity index is 2.57. The maximum atomic E-state index is 11.8. The van der Waals surface area contributed by atoms with E-state index >= 15 is 0 Å². The molecule has 1 atom stereocenters. The van der Waals surface area contributed by atoms with E-state index in [1.54, 1.807) is 6.92 Å². The van der Waals surface area contributed by atoms with E-state index in [9.17, 15) is 9.59 Å². The van der Waals surface area contributed by atoms with Crippen molar-refractivity contribution in [2.75, 3.05) is 13.2 Å². The highest BCUT2D eigenvalue weighted by Crippen LogP contribution is 2.24. The van der Waals surface area contributed by atoms with Crippen molar-refractivity contribution in [3.63, 3.8) is 0 Å². The van der Waals surface area contributed by atoms with Gasteiger partial charge in [-0.25, -0.2) is 0 Å². The number of ether oxygens (including phenoxy) is 1. The lowest BCUT2D eigenvalue weighted by atomic mass is 10.0. The van der Waals surface area contributed by atoms with Crippen LogP contribution in [0, 0.1) is 6.92 Å². The normalized spacial score (nSPS) is 11.9. The largest absolute Gasteiger partial charge is 0.483 e. The van der Waals surface area contributed by atoms with Gasteiger partial charge < -0.3 is 15.4 Å². The number of carbonyl (C=O) groups excluding carboxylic acids is 2. The highest BCUT2D eigenvalue weighted by Gasteiger charge is 2.15. The van der Waals surface area contributed by atoms with Gasteiger partial charge in [0.2, 0.25) is 5.91 Å². The van der Waals surface area contributed by atoms with E-state index in [-0.39, 0.29) is 18.4 Å². The molecule has 0 spiro atoms. The fraction of sp³-hybridized carbons (Fsp3) is 0.529. The molecule has 1 aromatic carbocycles. The minimum absolute atomic E-state index is 0.105. The quantitative estimate of drug-likeness (QED) is 0.811. The van der Waals surface area contributed by atoms with Crippen LogP contribution in [0.5, 0.6) is 5.75 Å². The van der Waals surface area contributed by atoms with Gasteiger partial charge in [-0.3, -0.25) is 9.59 Å². The maximum Gasteiger partial charge on any atom is 0.258 e. The van der Waals surface area contributed by atoms with E-state index in [1.807, 2.05) is 26.0 Å². The lowest BCUT2D eigenvalue weighted by Crippen LogP contribution is -2.46. The standard InChI is InChI=1S/C17H26N2O3/c1-6-18-17(21)13(5)19-16(20)10-22-15-9-14(11(2)3)8-7-12(15)4/h7-9,11,13H,6,10H2,1-5H3,(H,18,21)(H,19,20)/t13-/m1/s1. The predicted octanol–water partition coefficient (Wildman–Crippen LogP) is 2.14. The summed E-state index contributed by atoms with van der Waals surface area (Å²) in [6.45, 7) is 10.1. The minimum atomic E-state index is -0.570. The molecule has 0 radical (unpaired) electrons. The number of hydrogen-bond acceptors (Lipinski definition) is 3. The number of aryl methyl sites for hydroxylation is 1. The van der Waals surface area contributed by atoms with Crippen molar-refractivity contribution in [3.8, 4) is 5.75 Å². The van der Waals surface area contributed by atoms with Gasteiger partial charge in [-0.15, -0.1) is 0 Å². The van der Waals surface area contributed by atoms with Gasteiger partial charge in [0.25, 0.3) is 5.91 Å². The van der Waals surface area contributed by atoms with Crippen molar-refractivity contribution in [1.29, 1.82) is 0 Å². The van der Waals surface area contributed by atoms with Crippen LogP contribution in [0.4, 0.5) is 0 Å². The number of amides is 2. The van der Waals surface area contributed by atoms with Gasteiger partial charge in [0.1, 0.15) is 11.8 Å². The van der Waals surface area contributed by atoms with Crippen molar-refractivity contribution >= 4 is 11.8 Å². The molecule has 0 aliphatic heterocycles. The number of rotatable bonds is 7. The molecule has 2 N–H and O–H groups in total. The van der Waals surface area contributed by atoms with Crippen LogP contribution in [0.2, 0.25) is 0 Å². The van der Waals surface area contributed by atoms with Crippen molar-refractivity contribution in [2.24, 2.45) is 0 Å². The second kappa shape index (κ2) is 8.41. The highest BCUT2D eigenvalue weighted by molar-refractivity contribution is 5.87. The zero-order chi connectivity index (χ0) is 16.7. The Hall–Kier alpha value is -2.04. The van der Waals surface area contributed by atoms with E-state index in [4.69, 9.17) is 4.74 Å². The van der Waals surface area contributed by atoms with Crippen LogP contribution in [0.1, 0.15) is 44.7 Å². The van der Waals surface area contributed by atoms with Crippen LogP contribution >= 0.6 is 0 Å². The predicted molar refractivity (Wildman–Crippen MR) is 87.1 cm³/mol. The van der Waals surface area contributed by atoms with E-state index in [0.717, 1.165) is 11.1 Å². The lowest BCUT2D eigenvalue weighted by molar-refractivity contribution is -0.129. The molecular formula is C17H26N2O3. The zero-order valence-corrected chi connectivity index (χ0v) is 14.0. The van der Waals surface area contributed by atoms with Gasteiger partial charge in [-0.1, -0.05) is 26.0 Å². The first-order valence-electron chi connectivity index (χ1n) is 7.65.